The summed E-state index contributed by atoms with van der Waals surface area (Å²) in [6.45, 7) is 5.35. The standard InChI is InChI=1S/C10H20F3N3/c1-5-9(2,3)16(4)6-7(8(14)15)10(11,12)13/h7H,5-6H2,1-4H3,(H3,14,15). The van der Waals surface area contributed by atoms with Crippen LogP contribution in [0.5, 0.6) is 0 Å². The lowest BCUT2D eigenvalue weighted by Gasteiger charge is -2.37. The van der Waals surface area contributed by atoms with Crippen molar-refractivity contribution in [3.8, 4) is 0 Å². The molecular weight excluding hydrogens is 219 g/mol. The van der Waals surface area contributed by atoms with Gasteiger partial charge in [-0.15, -0.1) is 0 Å². The maximum absolute atomic E-state index is 12.6. The molecule has 6 heteroatoms. The number of alkyl halides is 3. The molecule has 0 spiro atoms. The first-order chi connectivity index (χ1) is 7.02. The monoisotopic (exact) mass is 239 g/mol. The summed E-state index contributed by atoms with van der Waals surface area (Å²) >= 11 is 0. The summed E-state index contributed by atoms with van der Waals surface area (Å²) in [7, 11) is 1.62. The Morgan fingerprint density at radius 2 is 1.81 bits per heavy atom. The zero-order valence-electron chi connectivity index (χ0n) is 10.2. The summed E-state index contributed by atoms with van der Waals surface area (Å²) in [4.78, 5) is 1.59. The summed E-state index contributed by atoms with van der Waals surface area (Å²) in [5.41, 5.74) is 4.66. The molecule has 0 aliphatic heterocycles. The van der Waals surface area contributed by atoms with Gasteiger partial charge in [-0.05, 0) is 27.3 Å². The Morgan fingerprint density at radius 1 is 1.38 bits per heavy atom. The number of nitrogens with zero attached hydrogens (tertiary/aromatic N) is 1. The second kappa shape index (κ2) is 5.03. The van der Waals surface area contributed by atoms with Gasteiger partial charge >= 0.3 is 6.18 Å². The molecular formula is C10H20F3N3. The number of hydrogen-bond donors (Lipinski definition) is 2. The average molecular weight is 239 g/mol. The maximum Gasteiger partial charge on any atom is 0.399 e. The first kappa shape index (κ1) is 15.2. The molecule has 0 fully saturated rings. The van der Waals surface area contributed by atoms with Crippen LogP contribution < -0.4 is 5.73 Å². The molecule has 1 unspecified atom stereocenters. The zero-order valence-corrected chi connectivity index (χ0v) is 10.2. The molecule has 0 aromatic carbocycles. The van der Waals surface area contributed by atoms with Crippen LogP contribution in [-0.4, -0.2) is 36.0 Å². The Labute approximate surface area is 94.3 Å². The van der Waals surface area contributed by atoms with Crippen molar-refractivity contribution in [3.63, 3.8) is 0 Å². The van der Waals surface area contributed by atoms with Gasteiger partial charge in [0.15, 0.2) is 0 Å². The second-order valence-electron chi connectivity index (χ2n) is 4.60. The molecule has 0 aromatic heterocycles. The van der Waals surface area contributed by atoms with Crippen molar-refractivity contribution in [3.05, 3.63) is 0 Å². The number of rotatable bonds is 5. The molecule has 1 atom stereocenters. The number of nitrogens with two attached hydrogens (primary N) is 1. The van der Waals surface area contributed by atoms with Crippen molar-refractivity contribution < 1.29 is 13.2 Å². The molecule has 0 aliphatic carbocycles. The van der Waals surface area contributed by atoms with Gasteiger partial charge in [-0.2, -0.15) is 13.2 Å². The number of amidine groups is 1. The molecule has 0 amide bonds. The van der Waals surface area contributed by atoms with Gasteiger partial charge in [0.2, 0.25) is 0 Å². The van der Waals surface area contributed by atoms with E-state index in [0.717, 1.165) is 6.42 Å². The molecule has 0 aromatic rings. The quantitative estimate of drug-likeness (QED) is 0.571. The van der Waals surface area contributed by atoms with Crippen LogP contribution in [0, 0.1) is 11.3 Å². The first-order valence-electron chi connectivity index (χ1n) is 5.14. The summed E-state index contributed by atoms with van der Waals surface area (Å²) in [5.74, 6) is -2.71. The van der Waals surface area contributed by atoms with Crippen molar-refractivity contribution in [2.24, 2.45) is 11.7 Å². The van der Waals surface area contributed by atoms with Gasteiger partial charge in [-0.25, -0.2) is 0 Å². The third-order valence-corrected chi connectivity index (χ3v) is 3.13. The van der Waals surface area contributed by atoms with Gasteiger partial charge in [0, 0.05) is 12.1 Å². The Kier molecular flexibility index (Phi) is 4.79. The lowest BCUT2D eigenvalue weighted by atomic mass is 9.97. The molecule has 0 radical (unpaired) electrons. The van der Waals surface area contributed by atoms with E-state index in [0.29, 0.717) is 0 Å². The van der Waals surface area contributed by atoms with Gasteiger partial charge in [0.25, 0.3) is 0 Å². The molecule has 0 bridgehead atoms. The Hall–Kier alpha value is -0.780. The summed E-state index contributed by atoms with van der Waals surface area (Å²) in [5, 5.41) is 6.99. The minimum absolute atomic E-state index is 0.278. The number of hydrogen-bond acceptors (Lipinski definition) is 2. The Balaban J connectivity index is 4.73. The fourth-order valence-electron chi connectivity index (χ4n) is 1.17. The van der Waals surface area contributed by atoms with Gasteiger partial charge < -0.3 is 10.6 Å². The molecule has 0 saturated carbocycles. The van der Waals surface area contributed by atoms with Crippen LogP contribution in [0.15, 0.2) is 0 Å². The van der Waals surface area contributed by atoms with Crippen LogP contribution in [0.1, 0.15) is 27.2 Å². The van der Waals surface area contributed by atoms with Crippen LogP contribution in [0.3, 0.4) is 0 Å². The van der Waals surface area contributed by atoms with Gasteiger partial charge in [-0.1, -0.05) is 6.92 Å². The van der Waals surface area contributed by atoms with Crippen LogP contribution in [-0.2, 0) is 0 Å². The third kappa shape index (κ3) is 4.00. The highest BCUT2D eigenvalue weighted by atomic mass is 19.4. The third-order valence-electron chi connectivity index (χ3n) is 3.13. The largest absolute Gasteiger partial charge is 0.399 e. The van der Waals surface area contributed by atoms with Crippen molar-refractivity contribution in [2.75, 3.05) is 13.6 Å². The molecule has 0 saturated heterocycles. The lowest BCUT2D eigenvalue weighted by Crippen LogP contribution is -2.49. The highest BCUT2D eigenvalue weighted by molar-refractivity contribution is 5.80. The Morgan fingerprint density at radius 3 is 2.06 bits per heavy atom. The minimum Gasteiger partial charge on any atom is -0.387 e. The van der Waals surface area contributed by atoms with E-state index in [2.05, 4.69) is 0 Å². The molecule has 0 heterocycles. The summed E-state index contributed by atoms with van der Waals surface area (Å²) in [6, 6.07) is 0. The normalized spacial score (nSPS) is 15.2. The van der Waals surface area contributed by atoms with E-state index in [1.165, 1.54) is 0 Å². The molecule has 96 valence electrons. The summed E-state index contributed by atoms with van der Waals surface area (Å²) < 4.78 is 37.7. The van der Waals surface area contributed by atoms with Gasteiger partial charge in [0.05, 0.1) is 0 Å². The van der Waals surface area contributed by atoms with Crippen LogP contribution in [0.4, 0.5) is 13.2 Å². The van der Waals surface area contributed by atoms with E-state index < -0.39 is 17.9 Å². The number of halogens is 3. The van der Waals surface area contributed by atoms with E-state index in [1.807, 2.05) is 20.8 Å². The van der Waals surface area contributed by atoms with E-state index in [1.54, 1.807) is 11.9 Å². The molecule has 3 N–H and O–H groups in total. The van der Waals surface area contributed by atoms with Gasteiger partial charge in [0.1, 0.15) is 11.8 Å². The van der Waals surface area contributed by atoms with E-state index in [-0.39, 0.29) is 12.1 Å². The zero-order chi connectivity index (χ0) is 13.1. The van der Waals surface area contributed by atoms with Crippen LogP contribution in [0.25, 0.3) is 0 Å². The topological polar surface area (TPSA) is 53.1 Å². The van der Waals surface area contributed by atoms with Crippen LogP contribution >= 0.6 is 0 Å². The fraction of sp³-hybridized carbons (Fsp3) is 0.900. The van der Waals surface area contributed by atoms with E-state index in [9.17, 15) is 13.2 Å². The maximum atomic E-state index is 12.6. The van der Waals surface area contributed by atoms with Crippen LogP contribution in [0.2, 0.25) is 0 Å². The Bertz CT molecular complexity index is 248. The highest BCUT2D eigenvalue weighted by Gasteiger charge is 2.43. The average Bonchev–Trinajstić information content (AvgIpc) is 2.11. The smallest absolute Gasteiger partial charge is 0.387 e. The molecule has 0 rings (SSSR count). The SMILES string of the molecule is CCC(C)(C)N(C)CC(C(=N)N)C(F)(F)F. The van der Waals surface area contributed by atoms with E-state index >= 15 is 0 Å². The summed E-state index contributed by atoms with van der Waals surface area (Å²) in [6.07, 6.45) is -3.73. The van der Waals surface area contributed by atoms with E-state index in [4.69, 9.17) is 11.1 Å². The second-order valence-corrected chi connectivity index (χ2v) is 4.60. The minimum atomic E-state index is -4.45. The first-order valence-corrected chi connectivity index (χ1v) is 5.14. The highest BCUT2D eigenvalue weighted by Crippen LogP contribution is 2.29. The van der Waals surface area contributed by atoms with Crippen molar-refractivity contribution in [2.45, 2.75) is 38.9 Å². The molecule has 3 nitrogen and oxygen atoms in total. The lowest BCUT2D eigenvalue weighted by molar-refractivity contribution is -0.161. The fourth-order valence-corrected chi connectivity index (χ4v) is 1.17. The van der Waals surface area contributed by atoms with Crippen molar-refractivity contribution in [1.82, 2.24) is 4.90 Å². The predicted molar refractivity (Wildman–Crippen MR) is 58.5 cm³/mol. The van der Waals surface area contributed by atoms with Crippen molar-refractivity contribution >= 4 is 5.84 Å². The molecule has 0 aliphatic rings. The predicted octanol–water partition coefficient (Wildman–Crippen LogP) is 2.22. The van der Waals surface area contributed by atoms with Gasteiger partial charge in [-0.3, -0.25) is 5.41 Å². The number of nitrogens with one attached hydrogen (secondary N) is 1. The molecule has 16 heavy (non-hydrogen) atoms. The van der Waals surface area contributed by atoms with Crippen molar-refractivity contribution in [1.29, 1.82) is 5.41 Å².